The zero-order valence-corrected chi connectivity index (χ0v) is 15.3. The predicted octanol–water partition coefficient (Wildman–Crippen LogP) is 1.49. The average Bonchev–Trinajstić information content (AvgIpc) is 2.72. The number of rotatable bonds is 3. The molecule has 1 fully saturated rings. The summed E-state index contributed by atoms with van der Waals surface area (Å²) < 4.78 is 34.9. The van der Waals surface area contributed by atoms with E-state index in [0.29, 0.717) is 26.3 Å². The summed E-state index contributed by atoms with van der Waals surface area (Å²) in [7, 11) is 0. The second-order valence-corrected chi connectivity index (χ2v) is 6.69. The Hall–Kier alpha value is -3.33. The summed E-state index contributed by atoms with van der Waals surface area (Å²) >= 11 is 0. The van der Waals surface area contributed by atoms with Gasteiger partial charge in [-0.25, -0.2) is 8.78 Å². The Kier molecular flexibility index (Phi) is 4.98. The van der Waals surface area contributed by atoms with E-state index in [-0.39, 0.29) is 28.7 Å². The Bertz CT molecular complexity index is 1190. The van der Waals surface area contributed by atoms with Crippen LogP contribution in [0.2, 0.25) is 0 Å². The molecule has 0 spiro atoms. The Labute approximate surface area is 163 Å². The molecular formula is C20H17F2N3O4. The van der Waals surface area contributed by atoms with E-state index in [1.807, 2.05) is 0 Å². The van der Waals surface area contributed by atoms with Gasteiger partial charge in [-0.15, -0.1) is 0 Å². The average molecular weight is 401 g/mol. The number of hydrogen-bond donors (Lipinski definition) is 1. The van der Waals surface area contributed by atoms with Gasteiger partial charge in [0.2, 0.25) is 11.0 Å². The van der Waals surface area contributed by atoms with Gasteiger partial charge < -0.3 is 19.2 Å². The molecule has 3 heterocycles. The van der Waals surface area contributed by atoms with Crippen molar-refractivity contribution >= 4 is 16.9 Å². The van der Waals surface area contributed by atoms with Gasteiger partial charge in [-0.2, -0.15) is 0 Å². The molecule has 4 rings (SSSR count). The fraction of sp³-hybridized carbons (Fsp3) is 0.250. The number of carbonyl (C=O) groups excluding carboxylic acids is 1. The molecule has 1 amide bonds. The fourth-order valence-electron chi connectivity index (χ4n) is 3.37. The zero-order valence-electron chi connectivity index (χ0n) is 15.3. The van der Waals surface area contributed by atoms with Gasteiger partial charge in [-0.3, -0.25) is 14.4 Å². The van der Waals surface area contributed by atoms with Gasteiger partial charge in [0.05, 0.1) is 25.3 Å². The molecule has 1 saturated heterocycles. The number of carbonyl (C=O) groups is 1. The van der Waals surface area contributed by atoms with E-state index < -0.39 is 28.5 Å². The van der Waals surface area contributed by atoms with Crippen LogP contribution in [-0.4, -0.2) is 46.7 Å². The molecule has 0 aliphatic carbocycles. The number of benzene rings is 1. The van der Waals surface area contributed by atoms with Gasteiger partial charge in [0.15, 0.2) is 0 Å². The highest BCUT2D eigenvalue weighted by atomic mass is 19.1. The van der Waals surface area contributed by atoms with Gasteiger partial charge in [0.1, 0.15) is 22.7 Å². The van der Waals surface area contributed by atoms with Crippen molar-refractivity contribution in [3.05, 3.63) is 79.9 Å². The number of fused-ring (bicyclic) bond motifs is 1. The van der Waals surface area contributed by atoms with E-state index in [9.17, 15) is 23.2 Å². The van der Waals surface area contributed by atoms with E-state index in [1.165, 1.54) is 33.9 Å². The number of pyridine rings is 2. The van der Waals surface area contributed by atoms with Crippen molar-refractivity contribution in [3.8, 4) is 0 Å². The lowest BCUT2D eigenvalue weighted by molar-refractivity contribution is 0.0301. The minimum atomic E-state index is -0.748. The molecular weight excluding hydrogens is 384 g/mol. The molecule has 0 saturated carbocycles. The highest BCUT2D eigenvalue weighted by Crippen LogP contribution is 2.17. The molecule has 7 nitrogen and oxygen atoms in total. The Morgan fingerprint density at radius 3 is 2.45 bits per heavy atom. The molecule has 150 valence electrons. The summed E-state index contributed by atoms with van der Waals surface area (Å²) in [6, 6.07) is 6.11. The normalized spacial score (nSPS) is 14.3. The maximum absolute atomic E-state index is 14.2. The molecule has 2 aromatic heterocycles. The van der Waals surface area contributed by atoms with Crippen LogP contribution < -0.4 is 11.0 Å². The van der Waals surface area contributed by atoms with Crippen molar-refractivity contribution in [1.82, 2.24) is 14.5 Å². The number of aromatic nitrogens is 2. The van der Waals surface area contributed by atoms with Crippen LogP contribution in [0.3, 0.4) is 0 Å². The molecule has 0 atom stereocenters. The summed E-state index contributed by atoms with van der Waals surface area (Å²) in [6.45, 7) is 1.09. The van der Waals surface area contributed by atoms with Gasteiger partial charge in [0.25, 0.3) is 5.91 Å². The third kappa shape index (κ3) is 3.56. The molecule has 3 aromatic rings. The Morgan fingerprint density at radius 2 is 1.76 bits per heavy atom. The van der Waals surface area contributed by atoms with E-state index in [1.54, 1.807) is 0 Å². The minimum absolute atomic E-state index is 0.0895. The number of amides is 1. The largest absolute Gasteiger partial charge is 0.378 e. The van der Waals surface area contributed by atoms with Gasteiger partial charge in [0, 0.05) is 30.9 Å². The van der Waals surface area contributed by atoms with Crippen molar-refractivity contribution in [2.45, 2.75) is 6.54 Å². The van der Waals surface area contributed by atoms with Crippen LogP contribution >= 0.6 is 0 Å². The smallest absolute Gasteiger partial charge is 0.259 e. The lowest BCUT2D eigenvalue weighted by Gasteiger charge is -2.27. The third-order valence-electron chi connectivity index (χ3n) is 4.88. The van der Waals surface area contributed by atoms with Crippen LogP contribution in [0.15, 0.2) is 46.1 Å². The predicted molar refractivity (Wildman–Crippen MR) is 101 cm³/mol. The van der Waals surface area contributed by atoms with Crippen LogP contribution in [0.1, 0.15) is 15.9 Å². The number of morpholine rings is 1. The van der Waals surface area contributed by atoms with Crippen molar-refractivity contribution in [3.63, 3.8) is 0 Å². The van der Waals surface area contributed by atoms with Gasteiger partial charge >= 0.3 is 0 Å². The number of aromatic amines is 1. The van der Waals surface area contributed by atoms with Crippen LogP contribution in [0.25, 0.3) is 11.0 Å². The fourth-order valence-corrected chi connectivity index (χ4v) is 3.37. The third-order valence-corrected chi connectivity index (χ3v) is 4.88. The summed E-state index contributed by atoms with van der Waals surface area (Å²) in [5.41, 5.74) is -1.39. The maximum atomic E-state index is 14.2. The highest BCUT2D eigenvalue weighted by molar-refractivity contribution is 5.96. The molecule has 0 radical (unpaired) electrons. The van der Waals surface area contributed by atoms with Gasteiger partial charge in [-0.05, 0) is 18.2 Å². The quantitative estimate of drug-likeness (QED) is 0.721. The second kappa shape index (κ2) is 7.59. The maximum Gasteiger partial charge on any atom is 0.259 e. The SMILES string of the molecule is O=C(c1cn(Cc2c(F)cccc2F)c2ccc(=O)[nH]c2c1=O)N1CCOCC1. The number of nitrogens with one attached hydrogen (secondary N) is 1. The number of hydrogen-bond acceptors (Lipinski definition) is 4. The number of ether oxygens (including phenoxy) is 1. The zero-order chi connectivity index (χ0) is 20.5. The van der Waals surface area contributed by atoms with Crippen molar-refractivity contribution in [2.24, 2.45) is 0 Å². The topological polar surface area (TPSA) is 84.4 Å². The van der Waals surface area contributed by atoms with Gasteiger partial charge in [-0.1, -0.05) is 6.07 Å². The highest BCUT2D eigenvalue weighted by Gasteiger charge is 2.24. The lowest BCUT2D eigenvalue weighted by Crippen LogP contribution is -2.42. The molecule has 1 N–H and O–H groups in total. The standard InChI is InChI=1S/C20H17F2N3O4/c21-14-2-1-3-15(22)12(14)10-25-11-13(20(28)24-6-8-29-9-7-24)19(27)18-16(25)4-5-17(26)23-18/h1-5,11H,6-10H2,(H,23,26). The summed E-state index contributed by atoms with van der Waals surface area (Å²) in [5.74, 6) is -2.02. The first-order valence-electron chi connectivity index (χ1n) is 9.02. The summed E-state index contributed by atoms with van der Waals surface area (Å²) in [6.07, 6.45) is 1.28. The molecule has 0 bridgehead atoms. The number of H-pyrrole nitrogens is 1. The van der Waals surface area contributed by atoms with Crippen LogP contribution in [0, 0.1) is 11.6 Å². The molecule has 1 aliphatic heterocycles. The number of nitrogens with zero attached hydrogens (tertiary/aromatic N) is 2. The second-order valence-electron chi connectivity index (χ2n) is 6.69. The number of halogens is 2. The summed E-state index contributed by atoms with van der Waals surface area (Å²) in [5, 5.41) is 0. The van der Waals surface area contributed by atoms with Crippen molar-refractivity contribution < 1.29 is 18.3 Å². The van der Waals surface area contributed by atoms with Crippen molar-refractivity contribution in [1.29, 1.82) is 0 Å². The molecule has 29 heavy (non-hydrogen) atoms. The van der Waals surface area contributed by atoms with E-state index in [0.717, 1.165) is 12.1 Å². The molecule has 9 heteroatoms. The molecule has 0 unspecified atom stereocenters. The first-order chi connectivity index (χ1) is 14.0. The van der Waals surface area contributed by atoms with E-state index >= 15 is 0 Å². The monoisotopic (exact) mass is 401 g/mol. The Balaban J connectivity index is 1.89. The lowest BCUT2D eigenvalue weighted by atomic mass is 10.1. The Morgan fingerprint density at radius 1 is 1.07 bits per heavy atom. The van der Waals surface area contributed by atoms with Crippen LogP contribution in [0.5, 0.6) is 0 Å². The van der Waals surface area contributed by atoms with Crippen LogP contribution in [-0.2, 0) is 11.3 Å². The van der Waals surface area contributed by atoms with Crippen molar-refractivity contribution in [2.75, 3.05) is 26.3 Å². The molecule has 1 aromatic carbocycles. The summed E-state index contributed by atoms with van der Waals surface area (Å²) in [4.78, 5) is 41.5. The molecule has 1 aliphatic rings. The van der Waals surface area contributed by atoms with E-state index in [2.05, 4.69) is 4.98 Å². The first-order valence-corrected chi connectivity index (χ1v) is 9.02. The van der Waals surface area contributed by atoms with Crippen LogP contribution in [0.4, 0.5) is 8.78 Å². The minimum Gasteiger partial charge on any atom is -0.378 e. The van der Waals surface area contributed by atoms with E-state index in [4.69, 9.17) is 4.74 Å². The first kappa shape index (κ1) is 19.0.